The lowest BCUT2D eigenvalue weighted by Gasteiger charge is -2.32. The van der Waals surface area contributed by atoms with Crippen molar-refractivity contribution in [1.29, 1.82) is 0 Å². The van der Waals surface area contributed by atoms with Crippen molar-refractivity contribution >= 4 is 17.6 Å². The number of nitrogens with one attached hydrogen (secondary N) is 2. The van der Waals surface area contributed by atoms with Crippen LogP contribution in [0.4, 0.5) is 10.2 Å². The highest BCUT2D eigenvalue weighted by Crippen LogP contribution is 2.40. The first kappa shape index (κ1) is 21.6. The molecule has 0 bridgehead atoms. The molecule has 6 nitrogen and oxygen atoms in total. The van der Waals surface area contributed by atoms with Gasteiger partial charge in [-0.3, -0.25) is 9.59 Å². The zero-order valence-corrected chi connectivity index (χ0v) is 18.7. The summed E-state index contributed by atoms with van der Waals surface area (Å²) in [5, 5.41) is 10.5. The van der Waals surface area contributed by atoms with Crippen LogP contribution >= 0.6 is 0 Å². The molecule has 34 heavy (non-hydrogen) atoms. The Labute approximate surface area is 196 Å². The third kappa shape index (κ3) is 3.85. The molecule has 2 amide bonds. The second-order valence-corrected chi connectivity index (χ2v) is 8.43. The number of benzene rings is 3. The minimum Gasteiger partial charge on any atom is -0.339 e. The molecule has 2 unspecified atom stereocenters. The maximum Gasteiger partial charge on any atom is 0.251 e. The molecule has 0 spiro atoms. The molecule has 1 aromatic heterocycles. The van der Waals surface area contributed by atoms with E-state index < -0.39 is 12.0 Å². The quantitative estimate of drug-likeness (QED) is 0.476. The first-order chi connectivity index (χ1) is 16.4. The van der Waals surface area contributed by atoms with Crippen LogP contribution in [-0.2, 0) is 4.79 Å². The van der Waals surface area contributed by atoms with Gasteiger partial charge in [0.25, 0.3) is 5.91 Å². The van der Waals surface area contributed by atoms with E-state index in [2.05, 4.69) is 15.7 Å². The number of amides is 2. The second kappa shape index (κ2) is 8.59. The Bertz CT molecular complexity index is 1380. The van der Waals surface area contributed by atoms with E-state index in [9.17, 15) is 14.0 Å². The minimum atomic E-state index is -0.905. The number of aromatic nitrogens is 2. The van der Waals surface area contributed by atoms with Gasteiger partial charge in [-0.1, -0.05) is 48.0 Å². The summed E-state index contributed by atoms with van der Waals surface area (Å²) in [5.41, 5.74) is 4.41. The largest absolute Gasteiger partial charge is 0.339 e. The van der Waals surface area contributed by atoms with Gasteiger partial charge in [0.05, 0.1) is 11.4 Å². The van der Waals surface area contributed by atoms with Crippen LogP contribution in [-0.4, -0.2) is 27.6 Å². The van der Waals surface area contributed by atoms with Crippen LogP contribution in [0.25, 0.3) is 5.69 Å². The molecule has 5 rings (SSSR count). The lowest BCUT2D eigenvalue weighted by molar-refractivity contribution is -0.118. The Morgan fingerprint density at radius 2 is 1.74 bits per heavy atom. The molecule has 7 heteroatoms. The van der Waals surface area contributed by atoms with Crippen LogP contribution in [0.5, 0.6) is 0 Å². The fourth-order valence-electron chi connectivity index (χ4n) is 4.49. The van der Waals surface area contributed by atoms with Crippen LogP contribution in [0.1, 0.15) is 38.7 Å². The van der Waals surface area contributed by atoms with E-state index in [-0.39, 0.29) is 17.6 Å². The van der Waals surface area contributed by atoms with E-state index >= 15 is 0 Å². The minimum absolute atomic E-state index is 0.354. The Morgan fingerprint density at radius 1 is 1.00 bits per heavy atom. The highest BCUT2D eigenvalue weighted by molar-refractivity contribution is 6.04. The predicted octanol–water partition coefficient (Wildman–Crippen LogP) is 4.51. The van der Waals surface area contributed by atoms with Gasteiger partial charge in [0.1, 0.15) is 17.7 Å². The first-order valence-corrected chi connectivity index (χ1v) is 11.0. The SMILES string of the molecule is Cc1cccc(C(=O)NC2C(=O)Nc3c(c(C)nn3-c3ccccc3)C2c2ccc(F)cc2)c1. The van der Waals surface area contributed by atoms with Crippen molar-refractivity contribution in [3.8, 4) is 5.69 Å². The number of nitrogens with zero attached hydrogens (tertiary/aromatic N) is 2. The molecule has 0 saturated heterocycles. The zero-order chi connectivity index (χ0) is 23.8. The normalized spacial score (nSPS) is 17.1. The van der Waals surface area contributed by atoms with Crippen molar-refractivity contribution in [2.75, 3.05) is 5.32 Å². The van der Waals surface area contributed by atoms with E-state index in [4.69, 9.17) is 0 Å². The van der Waals surface area contributed by atoms with E-state index in [1.54, 1.807) is 35.0 Å². The summed E-state index contributed by atoms with van der Waals surface area (Å²) < 4.78 is 15.4. The molecule has 2 atom stereocenters. The third-order valence-corrected chi connectivity index (χ3v) is 6.07. The summed E-state index contributed by atoms with van der Waals surface area (Å²) in [6.07, 6.45) is 0. The first-order valence-electron chi connectivity index (χ1n) is 11.0. The monoisotopic (exact) mass is 454 g/mol. The van der Waals surface area contributed by atoms with E-state index in [1.165, 1.54) is 12.1 Å². The highest BCUT2D eigenvalue weighted by atomic mass is 19.1. The number of anilines is 1. The molecule has 2 heterocycles. The van der Waals surface area contributed by atoms with Gasteiger partial charge in [0, 0.05) is 17.0 Å². The molecule has 0 radical (unpaired) electrons. The van der Waals surface area contributed by atoms with Gasteiger partial charge >= 0.3 is 0 Å². The molecule has 4 aromatic rings. The lowest BCUT2D eigenvalue weighted by Crippen LogP contribution is -2.50. The Kier molecular flexibility index (Phi) is 5.45. The summed E-state index contributed by atoms with van der Waals surface area (Å²) >= 11 is 0. The van der Waals surface area contributed by atoms with Gasteiger partial charge in [-0.2, -0.15) is 5.10 Å². The second-order valence-electron chi connectivity index (χ2n) is 8.43. The zero-order valence-electron chi connectivity index (χ0n) is 18.7. The fourth-order valence-corrected chi connectivity index (χ4v) is 4.49. The summed E-state index contributed by atoms with van der Waals surface area (Å²) in [4.78, 5) is 26.5. The molecule has 1 aliphatic rings. The molecular weight excluding hydrogens is 431 g/mol. The van der Waals surface area contributed by atoms with E-state index in [0.29, 0.717) is 22.6 Å². The topological polar surface area (TPSA) is 76.0 Å². The number of aryl methyl sites for hydroxylation is 2. The van der Waals surface area contributed by atoms with E-state index in [0.717, 1.165) is 16.8 Å². The summed E-state index contributed by atoms with van der Waals surface area (Å²) in [5.74, 6) is -1.09. The fraction of sp³-hybridized carbons (Fsp3) is 0.148. The molecule has 1 aliphatic heterocycles. The van der Waals surface area contributed by atoms with Crippen LogP contribution in [0.2, 0.25) is 0 Å². The number of carbonyl (C=O) groups excluding carboxylic acids is 2. The maximum atomic E-state index is 13.7. The number of hydrogen-bond donors (Lipinski definition) is 2. The number of fused-ring (bicyclic) bond motifs is 1. The molecular formula is C27H23FN4O2. The number of para-hydroxylation sites is 1. The lowest BCUT2D eigenvalue weighted by atomic mass is 9.82. The van der Waals surface area contributed by atoms with Gasteiger partial charge in [0.2, 0.25) is 5.91 Å². The average molecular weight is 455 g/mol. The number of carbonyl (C=O) groups is 2. The third-order valence-electron chi connectivity index (χ3n) is 6.07. The molecule has 0 saturated carbocycles. The molecule has 0 aliphatic carbocycles. The smallest absolute Gasteiger partial charge is 0.251 e. The van der Waals surface area contributed by atoms with Crippen LogP contribution in [0, 0.1) is 19.7 Å². The summed E-state index contributed by atoms with van der Waals surface area (Å²) in [6.45, 7) is 3.77. The highest BCUT2D eigenvalue weighted by Gasteiger charge is 2.41. The van der Waals surface area contributed by atoms with Crippen LogP contribution < -0.4 is 10.6 Å². The predicted molar refractivity (Wildman–Crippen MR) is 128 cm³/mol. The average Bonchev–Trinajstić information content (AvgIpc) is 3.16. The van der Waals surface area contributed by atoms with Gasteiger partial charge in [0.15, 0.2) is 0 Å². The van der Waals surface area contributed by atoms with Gasteiger partial charge in [-0.05, 0) is 55.8 Å². The van der Waals surface area contributed by atoms with Crippen molar-refractivity contribution < 1.29 is 14.0 Å². The molecule has 2 N–H and O–H groups in total. The van der Waals surface area contributed by atoms with Crippen molar-refractivity contribution in [3.63, 3.8) is 0 Å². The van der Waals surface area contributed by atoms with Crippen LogP contribution in [0.15, 0.2) is 78.9 Å². The number of hydrogen-bond acceptors (Lipinski definition) is 3. The van der Waals surface area contributed by atoms with Gasteiger partial charge < -0.3 is 10.6 Å². The molecule has 3 aromatic carbocycles. The van der Waals surface area contributed by atoms with Gasteiger partial charge in [-0.15, -0.1) is 0 Å². The number of rotatable bonds is 4. The Balaban J connectivity index is 1.62. The van der Waals surface area contributed by atoms with E-state index in [1.807, 2.05) is 50.2 Å². The standard InChI is InChI=1S/C27H23FN4O2/c1-16-7-6-8-19(15-16)26(33)29-24-23(18-11-13-20(28)14-12-18)22-17(2)31-32(25(22)30-27(24)34)21-9-4-3-5-10-21/h3-15,23-24H,1-2H3,(H,29,33)(H,30,34). The summed E-state index contributed by atoms with van der Waals surface area (Å²) in [7, 11) is 0. The summed E-state index contributed by atoms with van der Waals surface area (Å²) in [6, 6.07) is 21.8. The van der Waals surface area contributed by atoms with Crippen molar-refractivity contribution in [1.82, 2.24) is 15.1 Å². The van der Waals surface area contributed by atoms with Gasteiger partial charge in [-0.25, -0.2) is 9.07 Å². The Hall–Kier alpha value is -4.26. The van der Waals surface area contributed by atoms with Crippen molar-refractivity contribution in [2.24, 2.45) is 0 Å². The molecule has 170 valence electrons. The molecule has 0 fully saturated rings. The van der Waals surface area contributed by atoms with Crippen LogP contribution in [0.3, 0.4) is 0 Å². The maximum absolute atomic E-state index is 13.7. The Morgan fingerprint density at radius 3 is 2.44 bits per heavy atom. The van der Waals surface area contributed by atoms with Crippen molar-refractivity contribution in [2.45, 2.75) is 25.8 Å². The van der Waals surface area contributed by atoms with Crippen molar-refractivity contribution in [3.05, 3.63) is 113 Å². The number of halogens is 1.